The maximum atomic E-state index is 9.11. The monoisotopic (exact) mass is 213 g/mol. The van der Waals surface area contributed by atoms with Gasteiger partial charge in [-0.25, -0.2) is 0 Å². The first-order valence-corrected chi connectivity index (χ1v) is 5.10. The third kappa shape index (κ3) is 3.34. The Morgan fingerprint density at radius 1 is 1.47 bits per heavy atom. The van der Waals surface area contributed by atoms with E-state index in [1.54, 1.807) is 6.26 Å². The predicted molar refractivity (Wildman–Crippen MR) is 57.4 cm³/mol. The van der Waals surface area contributed by atoms with Gasteiger partial charge in [-0.15, -0.1) is 0 Å². The molecule has 0 aliphatic carbocycles. The lowest BCUT2D eigenvalue weighted by atomic mass is 9.93. The zero-order chi connectivity index (χ0) is 11.3. The predicted octanol–water partition coefficient (Wildman–Crippen LogP) is 0.921. The molecule has 1 aromatic heterocycles. The molecule has 0 fully saturated rings. The number of aliphatic hydroxyl groups excluding tert-OH is 2. The smallest absolute Gasteiger partial charge is 0.120 e. The van der Waals surface area contributed by atoms with Gasteiger partial charge in [0.2, 0.25) is 0 Å². The van der Waals surface area contributed by atoms with E-state index in [4.69, 9.17) is 14.6 Å². The van der Waals surface area contributed by atoms with Crippen LogP contribution in [0.4, 0.5) is 0 Å². The summed E-state index contributed by atoms with van der Waals surface area (Å²) in [4.78, 5) is 0. The number of rotatable bonds is 6. The highest BCUT2D eigenvalue weighted by molar-refractivity contribution is 5.03. The molecule has 0 aliphatic heterocycles. The first-order valence-electron chi connectivity index (χ1n) is 5.10. The number of nitrogens with one attached hydrogen (secondary N) is 1. The van der Waals surface area contributed by atoms with Crippen LogP contribution in [0, 0.1) is 5.41 Å². The lowest BCUT2D eigenvalue weighted by Gasteiger charge is -2.26. The number of hydrogen-bond donors (Lipinski definition) is 3. The van der Waals surface area contributed by atoms with E-state index in [0.29, 0.717) is 6.54 Å². The van der Waals surface area contributed by atoms with Gasteiger partial charge < -0.3 is 19.9 Å². The topological polar surface area (TPSA) is 65.6 Å². The van der Waals surface area contributed by atoms with Crippen molar-refractivity contribution >= 4 is 0 Å². The largest absolute Gasteiger partial charge is 0.468 e. The van der Waals surface area contributed by atoms with E-state index in [1.165, 1.54) is 0 Å². The van der Waals surface area contributed by atoms with Crippen molar-refractivity contribution in [2.45, 2.75) is 19.9 Å². The van der Waals surface area contributed by atoms with Crippen molar-refractivity contribution in [1.29, 1.82) is 0 Å². The molecule has 0 unspecified atom stereocenters. The van der Waals surface area contributed by atoms with Gasteiger partial charge >= 0.3 is 0 Å². The molecule has 4 nitrogen and oxygen atoms in total. The summed E-state index contributed by atoms with van der Waals surface area (Å²) in [7, 11) is 0. The van der Waals surface area contributed by atoms with Crippen LogP contribution in [-0.4, -0.2) is 30.0 Å². The van der Waals surface area contributed by atoms with Gasteiger partial charge in [-0.1, -0.05) is 6.92 Å². The van der Waals surface area contributed by atoms with E-state index in [1.807, 2.05) is 26.0 Å². The van der Waals surface area contributed by atoms with Crippen LogP contribution in [0.15, 0.2) is 22.8 Å². The van der Waals surface area contributed by atoms with Gasteiger partial charge in [0.05, 0.1) is 25.5 Å². The van der Waals surface area contributed by atoms with E-state index < -0.39 is 5.41 Å². The van der Waals surface area contributed by atoms with E-state index in [0.717, 1.165) is 5.76 Å². The van der Waals surface area contributed by atoms with Crippen molar-refractivity contribution < 1.29 is 14.6 Å². The zero-order valence-corrected chi connectivity index (χ0v) is 9.23. The van der Waals surface area contributed by atoms with Gasteiger partial charge in [0.25, 0.3) is 0 Å². The average Bonchev–Trinajstić information content (AvgIpc) is 2.79. The molecule has 4 heteroatoms. The molecule has 0 saturated heterocycles. The summed E-state index contributed by atoms with van der Waals surface area (Å²) in [6, 6.07) is 3.81. The van der Waals surface area contributed by atoms with Crippen LogP contribution in [0.1, 0.15) is 25.6 Å². The summed E-state index contributed by atoms with van der Waals surface area (Å²) in [6.07, 6.45) is 1.63. The second kappa shape index (κ2) is 5.30. The van der Waals surface area contributed by atoms with Crippen molar-refractivity contribution in [1.82, 2.24) is 5.32 Å². The Morgan fingerprint density at radius 3 is 2.60 bits per heavy atom. The van der Waals surface area contributed by atoms with Crippen LogP contribution in [0.25, 0.3) is 0 Å². The average molecular weight is 213 g/mol. The third-order valence-electron chi connectivity index (χ3n) is 2.57. The van der Waals surface area contributed by atoms with Gasteiger partial charge in [-0.3, -0.25) is 0 Å². The molecule has 0 radical (unpaired) electrons. The Morgan fingerprint density at radius 2 is 2.13 bits per heavy atom. The van der Waals surface area contributed by atoms with Crippen LogP contribution < -0.4 is 5.32 Å². The highest BCUT2D eigenvalue weighted by Gasteiger charge is 2.23. The quantitative estimate of drug-likeness (QED) is 0.657. The van der Waals surface area contributed by atoms with Crippen molar-refractivity contribution in [3.8, 4) is 0 Å². The fraction of sp³-hybridized carbons (Fsp3) is 0.636. The minimum absolute atomic E-state index is 0.0403. The fourth-order valence-electron chi connectivity index (χ4n) is 1.20. The molecule has 0 aliphatic rings. The Bertz CT molecular complexity index is 267. The number of hydrogen-bond acceptors (Lipinski definition) is 4. The highest BCUT2D eigenvalue weighted by atomic mass is 16.3. The van der Waals surface area contributed by atoms with Crippen LogP contribution in [0.2, 0.25) is 0 Å². The van der Waals surface area contributed by atoms with Crippen molar-refractivity contribution in [3.63, 3.8) is 0 Å². The molecule has 0 bridgehead atoms. The molecule has 0 spiro atoms. The van der Waals surface area contributed by atoms with Crippen LogP contribution in [0.5, 0.6) is 0 Å². The van der Waals surface area contributed by atoms with Gasteiger partial charge in [-0.2, -0.15) is 0 Å². The Balaban J connectivity index is 2.43. The summed E-state index contributed by atoms with van der Waals surface area (Å²) >= 11 is 0. The normalized spacial score (nSPS) is 14.1. The molecule has 86 valence electrons. The molecule has 0 amide bonds. The molecule has 1 rings (SSSR count). The first-order chi connectivity index (χ1) is 7.11. The summed E-state index contributed by atoms with van der Waals surface area (Å²) in [5.74, 6) is 0.855. The third-order valence-corrected chi connectivity index (χ3v) is 2.57. The second-order valence-corrected chi connectivity index (χ2v) is 4.24. The molecular formula is C11H19NO3. The number of furan rings is 1. The highest BCUT2D eigenvalue weighted by Crippen LogP contribution is 2.17. The molecule has 0 aromatic carbocycles. The van der Waals surface area contributed by atoms with Gasteiger partial charge in [-0.05, 0) is 19.1 Å². The van der Waals surface area contributed by atoms with E-state index >= 15 is 0 Å². The van der Waals surface area contributed by atoms with Gasteiger partial charge in [0.1, 0.15) is 5.76 Å². The molecule has 15 heavy (non-hydrogen) atoms. The Labute approximate surface area is 89.9 Å². The maximum absolute atomic E-state index is 9.11. The standard InChI is InChI=1S/C11H19NO3/c1-9(10-4-3-5-15-10)12-6-11(2,7-13)8-14/h3-5,9,12-14H,6-8H2,1-2H3/t9-/m1/s1. The minimum atomic E-state index is -0.485. The van der Waals surface area contributed by atoms with E-state index in [2.05, 4.69) is 5.32 Å². The van der Waals surface area contributed by atoms with E-state index in [9.17, 15) is 0 Å². The van der Waals surface area contributed by atoms with Crippen LogP contribution >= 0.6 is 0 Å². The Hall–Kier alpha value is -0.840. The number of aliphatic hydroxyl groups is 2. The van der Waals surface area contributed by atoms with Crippen molar-refractivity contribution in [2.24, 2.45) is 5.41 Å². The molecule has 3 N–H and O–H groups in total. The minimum Gasteiger partial charge on any atom is -0.468 e. The van der Waals surface area contributed by atoms with Crippen molar-refractivity contribution in [3.05, 3.63) is 24.2 Å². The lowest BCUT2D eigenvalue weighted by molar-refractivity contribution is 0.0671. The summed E-state index contributed by atoms with van der Waals surface area (Å²) in [6.45, 7) is 4.27. The second-order valence-electron chi connectivity index (χ2n) is 4.24. The molecule has 1 heterocycles. The van der Waals surface area contributed by atoms with Crippen molar-refractivity contribution in [2.75, 3.05) is 19.8 Å². The van der Waals surface area contributed by atoms with Gasteiger partial charge in [0.15, 0.2) is 0 Å². The SMILES string of the molecule is C[C@@H](NCC(C)(CO)CO)c1ccco1. The first kappa shape index (κ1) is 12.2. The van der Waals surface area contributed by atoms with Gasteiger partial charge in [0, 0.05) is 12.0 Å². The summed E-state index contributed by atoms with van der Waals surface area (Å²) < 4.78 is 5.24. The lowest BCUT2D eigenvalue weighted by Crippen LogP contribution is -2.38. The van der Waals surface area contributed by atoms with Crippen LogP contribution in [0.3, 0.4) is 0 Å². The summed E-state index contributed by atoms with van der Waals surface area (Å²) in [5, 5.41) is 21.4. The molecule has 1 aromatic rings. The Kier molecular flexibility index (Phi) is 4.32. The molecule has 1 atom stereocenters. The fourth-order valence-corrected chi connectivity index (χ4v) is 1.20. The summed E-state index contributed by atoms with van der Waals surface area (Å²) in [5.41, 5.74) is -0.485. The molecular weight excluding hydrogens is 194 g/mol. The maximum Gasteiger partial charge on any atom is 0.120 e. The van der Waals surface area contributed by atoms with Crippen LogP contribution in [-0.2, 0) is 0 Å². The molecule has 0 saturated carbocycles. The van der Waals surface area contributed by atoms with E-state index in [-0.39, 0.29) is 19.3 Å². The zero-order valence-electron chi connectivity index (χ0n) is 9.23.